The quantitative estimate of drug-likeness (QED) is 0.489. The third-order valence-electron chi connectivity index (χ3n) is 0.877. The Morgan fingerprint density at radius 2 is 2.10 bits per heavy atom. The summed E-state index contributed by atoms with van der Waals surface area (Å²) in [4.78, 5) is 0. The van der Waals surface area contributed by atoms with Crippen LogP contribution in [0, 0.1) is 6.92 Å². The van der Waals surface area contributed by atoms with E-state index in [9.17, 15) is 8.42 Å². The normalized spacial score (nSPS) is 18.4. The van der Waals surface area contributed by atoms with Crippen molar-refractivity contribution in [2.75, 3.05) is 0 Å². The molecular weight excluding hydrogens is 178 g/mol. The maximum Gasteiger partial charge on any atom is 0.333 e. The van der Waals surface area contributed by atoms with Gasteiger partial charge in [-0.25, -0.2) is 0 Å². The van der Waals surface area contributed by atoms with Crippen LogP contribution in [0.4, 0.5) is 0 Å². The van der Waals surface area contributed by atoms with Crippen molar-refractivity contribution in [3.63, 3.8) is 0 Å². The van der Waals surface area contributed by atoms with Crippen LogP contribution in [0.3, 0.4) is 0 Å². The Hall–Kier alpha value is 0.160. The lowest BCUT2D eigenvalue weighted by atomic mass is 10.3. The summed E-state index contributed by atoms with van der Waals surface area (Å²) in [6.45, 7) is 4.85. The van der Waals surface area contributed by atoms with Gasteiger partial charge in [0.25, 0.3) is 0 Å². The molecule has 0 aliphatic heterocycles. The molecule has 0 aliphatic carbocycles. The molecule has 0 saturated heterocycles. The second-order valence-corrected chi connectivity index (χ2v) is 3.64. The van der Waals surface area contributed by atoms with Gasteiger partial charge in [-0.3, -0.25) is 4.55 Å². The van der Waals surface area contributed by atoms with Crippen molar-refractivity contribution in [1.29, 1.82) is 0 Å². The molecule has 0 saturated carbocycles. The molecule has 2 N–H and O–H groups in total. The molecule has 0 aromatic heterocycles. The molecule has 61 valence electrons. The molecule has 0 aromatic rings. The third-order valence-corrected chi connectivity index (χ3v) is 1.92. The Morgan fingerprint density at radius 1 is 1.70 bits per heavy atom. The average molecular weight is 187 g/mol. The highest BCUT2D eigenvalue weighted by molar-refractivity contribution is 7.83. The van der Waals surface area contributed by atoms with E-state index in [4.69, 9.17) is 16.2 Å². The van der Waals surface area contributed by atoms with Gasteiger partial charge in [0.15, 0.2) is 0 Å². The van der Waals surface area contributed by atoms with Crippen LogP contribution in [-0.2, 0) is 10.3 Å². The molecule has 0 aliphatic rings. The van der Waals surface area contributed by atoms with Crippen molar-refractivity contribution >= 4 is 21.9 Å². The molecule has 0 fully saturated rings. The summed E-state index contributed by atoms with van der Waals surface area (Å²) in [6.07, 6.45) is 0. The molecule has 0 rings (SSSR count). The summed E-state index contributed by atoms with van der Waals surface area (Å²) in [5, 5.41) is -0.595. The van der Waals surface area contributed by atoms with E-state index in [0.29, 0.717) is 0 Å². The topological polar surface area (TPSA) is 66.4 Å². The molecule has 0 heterocycles. The zero-order valence-electron chi connectivity index (χ0n) is 5.41. The van der Waals surface area contributed by atoms with E-state index in [1.54, 1.807) is 0 Å². The van der Waals surface area contributed by atoms with Gasteiger partial charge in [0.2, 0.25) is 0 Å². The Kier molecular flexibility index (Phi) is 3.58. The maximum absolute atomic E-state index is 10.1. The molecule has 10 heavy (non-hydrogen) atoms. The van der Waals surface area contributed by atoms with Crippen molar-refractivity contribution < 1.29 is 13.0 Å². The summed E-state index contributed by atoms with van der Waals surface area (Å²) in [7, 11) is -4.14. The highest BCUT2D eigenvalue weighted by Gasteiger charge is 2.14. The van der Waals surface area contributed by atoms with E-state index in [2.05, 4.69) is 6.92 Å². The Morgan fingerprint density at radius 3 is 2.20 bits per heavy atom. The smallest absolute Gasteiger partial charge is 0.273 e. The van der Waals surface area contributed by atoms with E-state index >= 15 is 0 Å². The highest BCUT2D eigenvalue weighted by atomic mass is 35.5. The summed E-state index contributed by atoms with van der Waals surface area (Å²) >= 11 is 5.39. The summed E-state index contributed by atoms with van der Waals surface area (Å²) in [6, 6.07) is -0.573. The minimum Gasteiger partial charge on any atom is -0.273 e. The van der Waals surface area contributed by atoms with E-state index in [1.807, 2.05) is 4.72 Å². The summed E-state index contributed by atoms with van der Waals surface area (Å²) in [5.74, 6) is 0. The first-order valence-electron chi connectivity index (χ1n) is 2.55. The number of rotatable bonds is 3. The van der Waals surface area contributed by atoms with E-state index < -0.39 is 21.7 Å². The third kappa shape index (κ3) is 4.99. The number of halogens is 1. The number of alkyl halides is 1. The van der Waals surface area contributed by atoms with Crippen molar-refractivity contribution in [1.82, 2.24) is 4.72 Å². The molecular formula is C4H9ClNO3S. The second kappa shape index (κ2) is 3.52. The molecule has 6 heteroatoms. The van der Waals surface area contributed by atoms with Gasteiger partial charge in [0, 0.05) is 11.4 Å². The summed E-state index contributed by atoms with van der Waals surface area (Å²) in [5.41, 5.74) is 0. The highest BCUT2D eigenvalue weighted by Crippen LogP contribution is 2.00. The molecule has 0 bridgehead atoms. The van der Waals surface area contributed by atoms with Crippen LogP contribution in [0.1, 0.15) is 6.92 Å². The molecule has 0 aromatic carbocycles. The van der Waals surface area contributed by atoms with Crippen molar-refractivity contribution in [3.8, 4) is 0 Å². The zero-order chi connectivity index (χ0) is 8.36. The molecule has 1 radical (unpaired) electrons. The number of hydrogen-bond acceptors (Lipinski definition) is 2. The van der Waals surface area contributed by atoms with E-state index in [0.717, 1.165) is 0 Å². The first-order chi connectivity index (χ1) is 4.33. The molecule has 2 unspecified atom stereocenters. The molecule has 0 amide bonds. The monoisotopic (exact) mass is 186 g/mol. The minimum atomic E-state index is -4.14. The Bertz CT molecular complexity index is 189. The first-order valence-corrected chi connectivity index (χ1v) is 4.42. The lowest BCUT2D eigenvalue weighted by Crippen LogP contribution is -2.37. The fraction of sp³-hybridized carbons (Fsp3) is 0.750. The molecule has 2 atom stereocenters. The Labute approximate surface area is 65.5 Å². The SMILES string of the molecule is [CH2]C(Cl)C(C)NS(=O)(=O)O. The lowest BCUT2D eigenvalue weighted by Gasteiger charge is -2.12. The van der Waals surface area contributed by atoms with Gasteiger partial charge >= 0.3 is 10.3 Å². The minimum absolute atomic E-state index is 0.573. The molecule has 4 nitrogen and oxygen atoms in total. The lowest BCUT2D eigenvalue weighted by molar-refractivity contribution is 0.456. The fourth-order valence-corrected chi connectivity index (χ4v) is 1.08. The standard InChI is InChI=1S/C4H9ClNO3S/c1-3(5)4(2)6-10(7,8)9/h3-4,6H,1H2,2H3,(H,7,8,9). The van der Waals surface area contributed by atoms with Crippen LogP contribution in [0.5, 0.6) is 0 Å². The van der Waals surface area contributed by atoms with E-state index in [-0.39, 0.29) is 0 Å². The molecule has 0 spiro atoms. The van der Waals surface area contributed by atoms with E-state index in [1.165, 1.54) is 6.92 Å². The largest absolute Gasteiger partial charge is 0.333 e. The predicted molar refractivity (Wildman–Crippen MR) is 39.1 cm³/mol. The van der Waals surface area contributed by atoms with Gasteiger partial charge in [0.1, 0.15) is 0 Å². The average Bonchev–Trinajstić information content (AvgIpc) is 1.60. The zero-order valence-corrected chi connectivity index (χ0v) is 6.98. The maximum atomic E-state index is 10.1. The van der Waals surface area contributed by atoms with Crippen molar-refractivity contribution in [2.45, 2.75) is 18.3 Å². The van der Waals surface area contributed by atoms with Crippen LogP contribution >= 0.6 is 11.6 Å². The van der Waals surface area contributed by atoms with Crippen LogP contribution in [0.2, 0.25) is 0 Å². The van der Waals surface area contributed by atoms with Gasteiger partial charge in [0.05, 0.1) is 0 Å². The number of nitrogens with one attached hydrogen (secondary N) is 1. The predicted octanol–water partition coefficient (Wildman–Crippen LogP) is 0.209. The number of hydrogen-bond donors (Lipinski definition) is 2. The Balaban J connectivity index is 3.93. The summed E-state index contributed by atoms with van der Waals surface area (Å²) < 4.78 is 30.3. The van der Waals surface area contributed by atoms with Crippen LogP contribution in [0.15, 0.2) is 0 Å². The van der Waals surface area contributed by atoms with Crippen LogP contribution < -0.4 is 4.72 Å². The van der Waals surface area contributed by atoms with Crippen molar-refractivity contribution in [2.24, 2.45) is 0 Å². The van der Waals surface area contributed by atoms with Gasteiger partial charge in [-0.2, -0.15) is 13.1 Å². The van der Waals surface area contributed by atoms with Gasteiger partial charge in [-0.15, -0.1) is 11.6 Å². The van der Waals surface area contributed by atoms with Gasteiger partial charge in [-0.05, 0) is 13.8 Å². The second-order valence-electron chi connectivity index (χ2n) is 1.90. The van der Waals surface area contributed by atoms with Gasteiger partial charge < -0.3 is 0 Å². The fourth-order valence-electron chi connectivity index (χ4n) is 0.309. The van der Waals surface area contributed by atoms with Crippen LogP contribution in [0.25, 0.3) is 0 Å². The first kappa shape index (κ1) is 10.2. The van der Waals surface area contributed by atoms with Crippen LogP contribution in [-0.4, -0.2) is 24.4 Å². The van der Waals surface area contributed by atoms with Crippen molar-refractivity contribution in [3.05, 3.63) is 6.92 Å². The van der Waals surface area contributed by atoms with Gasteiger partial charge in [-0.1, -0.05) is 0 Å².